The number of carbonyl (C=O) groups is 1. The maximum absolute atomic E-state index is 12.3. The number of nitrogens with one attached hydrogen (secondary N) is 2. The lowest BCUT2D eigenvalue weighted by molar-refractivity contribution is 0.262. The van der Waals surface area contributed by atoms with E-state index >= 15 is 0 Å². The average Bonchev–Trinajstić information content (AvgIpc) is 3.08. The molecule has 0 aliphatic carbocycles. The number of urea groups is 1. The first-order valence-corrected chi connectivity index (χ1v) is 8.49. The number of hydrogen-bond acceptors (Lipinski definition) is 4. The van der Waals surface area contributed by atoms with E-state index in [0.29, 0.717) is 22.9 Å². The molecule has 0 aliphatic heterocycles. The molecule has 134 valence electrons. The molecule has 0 atom stereocenters. The number of carbonyl (C=O) groups excluding carboxylic acids is 1. The zero-order chi connectivity index (χ0) is 18.5. The molecular formula is C18H17BrN4O3. The normalized spacial score (nSPS) is 10.3. The maximum Gasteiger partial charge on any atom is 0.323 e. The monoisotopic (exact) mass is 416 g/mol. The Morgan fingerprint density at radius 1 is 1.08 bits per heavy atom. The molecule has 0 bridgehead atoms. The van der Waals surface area contributed by atoms with Crippen molar-refractivity contribution in [1.29, 1.82) is 0 Å². The first-order chi connectivity index (χ1) is 12.6. The van der Waals surface area contributed by atoms with Crippen molar-refractivity contribution in [1.82, 2.24) is 9.78 Å². The summed E-state index contributed by atoms with van der Waals surface area (Å²) in [6.07, 6.45) is 3.56. The number of amides is 2. The van der Waals surface area contributed by atoms with Gasteiger partial charge in [0, 0.05) is 18.0 Å². The molecule has 8 heteroatoms. The summed E-state index contributed by atoms with van der Waals surface area (Å²) >= 11 is 3.36. The Bertz CT molecular complexity index is 909. The molecule has 0 saturated heterocycles. The summed E-state index contributed by atoms with van der Waals surface area (Å²) in [5, 5.41) is 9.75. The molecule has 1 aromatic heterocycles. The Morgan fingerprint density at radius 3 is 2.46 bits per heavy atom. The summed E-state index contributed by atoms with van der Waals surface area (Å²) in [6.45, 7) is 0. The van der Waals surface area contributed by atoms with Crippen LogP contribution in [0.15, 0.2) is 59.3 Å². The molecule has 0 spiro atoms. The van der Waals surface area contributed by atoms with Gasteiger partial charge >= 0.3 is 6.03 Å². The predicted molar refractivity (Wildman–Crippen MR) is 103 cm³/mol. The third kappa shape index (κ3) is 4.15. The Kier molecular flexibility index (Phi) is 5.43. The molecule has 0 unspecified atom stereocenters. The van der Waals surface area contributed by atoms with E-state index in [9.17, 15) is 4.79 Å². The van der Waals surface area contributed by atoms with Crippen LogP contribution >= 0.6 is 15.9 Å². The van der Waals surface area contributed by atoms with Gasteiger partial charge in [-0.1, -0.05) is 0 Å². The molecule has 2 aromatic carbocycles. The van der Waals surface area contributed by atoms with Crippen LogP contribution in [0, 0.1) is 0 Å². The Balaban J connectivity index is 1.68. The van der Waals surface area contributed by atoms with Crippen molar-refractivity contribution in [3.8, 4) is 17.2 Å². The van der Waals surface area contributed by atoms with Crippen molar-refractivity contribution in [2.75, 3.05) is 24.9 Å². The number of methoxy groups -OCH3 is 2. The second-order valence-electron chi connectivity index (χ2n) is 5.30. The summed E-state index contributed by atoms with van der Waals surface area (Å²) < 4.78 is 13.0. The largest absolute Gasteiger partial charge is 0.497 e. The molecule has 7 nitrogen and oxygen atoms in total. The van der Waals surface area contributed by atoms with E-state index in [1.807, 2.05) is 18.3 Å². The molecule has 3 rings (SSSR count). The van der Waals surface area contributed by atoms with Gasteiger partial charge in [-0.15, -0.1) is 0 Å². The molecule has 26 heavy (non-hydrogen) atoms. The van der Waals surface area contributed by atoms with Gasteiger partial charge in [0.25, 0.3) is 0 Å². The number of anilines is 2. The minimum atomic E-state index is -0.383. The smallest absolute Gasteiger partial charge is 0.323 e. The van der Waals surface area contributed by atoms with Crippen LogP contribution in [-0.2, 0) is 0 Å². The van der Waals surface area contributed by atoms with Crippen molar-refractivity contribution in [3.63, 3.8) is 0 Å². The van der Waals surface area contributed by atoms with Crippen molar-refractivity contribution in [2.24, 2.45) is 0 Å². The molecule has 1 heterocycles. The lowest BCUT2D eigenvalue weighted by Crippen LogP contribution is -2.19. The fraction of sp³-hybridized carbons (Fsp3) is 0.111. The lowest BCUT2D eigenvalue weighted by atomic mass is 10.2. The van der Waals surface area contributed by atoms with Crippen LogP contribution in [0.2, 0.25) is 0 Å². The zero-order valence-electron chi connectivity index (χ0n) is 14.2. The number of hydrogen-bond donors (Lipinski definition) is 2. The third-order valence-corrected chi connectivity index (χ3v) is 4.01. The quantitative estimate of drug-likeness (QED) is 0.649. The zero-order valence-corrected chi connectivity index (χ0v) is 15.8. The summed E-state index contributed by atoms with van der Waals surface area (Å²) in [7, 11) is 3.10. The van der Waals surface area contributed by atoms with E-state index in [2.05, 4.69) is 31.7 Å². The highest BCUT2D eigenvalue weighted by Crippen LogP contribution is 2.29. The molecule has 2 amide bonds. The Morgan fingerprint density at radius 2 is 1.85 bits per heavy atom. The third-order valence-electron chi connectivity index (χ3n) is 3.60. The van der Waals surface area contributed by atoms with E-state index in [1.165, 1.54) is 7.11 Å². The Labute approximate surface area is 159 Å². The lowest BCUT2D eigenvalue weighted by Gasteiger charge is -2.12. The molecule has 0 aliphatic rings. The molecule has 0 fully saturated rings. The van der Waals surface area contributed by atoms with Gasteiger partial charge in [0.2, 0.25) is 0 Å². The van der Waals surface area contributed by atoms with E-state index < -0.39 is 0 Å². The number of halogens is 1. The fourth-order valence-corrected chi connectivity index (χ4v) is 2.62. The number of aromatic nitrogens is 2. The van der Waals surface area contributed by atoms with Crippen molar-refractivity contribution >= 4 is 33.3 Å². The molecule has 0 saturated carbocycles. The molecule has 3 aromatic rings. The first kappa shape index (κ1) is 17.8. The SMILES string of the molecule is COc1ccc(OC)c(NC(=O)Nc2ccc(-n3cc(Br)cn3)cc2)c1. The van der Waals surface area contributed by atoms with Gasteiger partial charge in [-0.3, -0.25) is 0 Å². The van der Waals surface area contributed by atoms with Gasteiger partial charge in [-0.25, -0.2) is 9.48 Å². The predicted octanol–water partition coefficient (Wildman–Crippen LogP) is 4.30. The first-order valence-electron chi connectivity index (χ1n) is 7.69. The van der Waals surface area contributed by atoms with E-state index in [-0.39, 0.29) is 6.03 Å². The van der Waals surface area contributed by atoms with Crippen LogP contribution in [0.5, 0.6) is 11.5 Å². The molecular weight excluding hydrogens is 400 g/mol. The van der Waals surface area contributed by atoms with Crippen molar-refractivity contribution in [2.45, 2.75) is 0 Å². The van der Waals surface area contributed by atoms with Gasteiger partial charge in [-0.2, -0.15) is 5.10 Å². The van der Waals surface area contributed by atoms with Crippen LogP contribution in [-0.4, -0.2) is 30.0 Å². The molecule has 0 radical (unpaired) electrons. The second kappa shape index (κ2) is 7.92. The average molecular weight is 417 g/mol. The minimum absolute atomic E-state index is 0.383. The summed E-state index contributed by atoms with van der Waals surface area (Å²) in [4.78, 5) is 12.3. The molecule has 2 N–H and O–H groups in total. The van der Waals surface area contributed by atoms with E-state index in [4.69, 9.17) is 9.47 Å². The van der Waals surface area contributed by atoms with Gasteiger partial charge in [0.1, 0.15) is 11.5 Å². The maximum atomic E-state index is 12.3. The number of nitrogens with zero attached hydrogens (tertiary/aromatic N) is 2. The van der Waals surface area contributed by atoms with Gasteiger partial charge in [0.05, 0.1) is 36.3 Å². The van der Waals surface area contributed by atoms with Gasteiger partial charge in [0.15, 0.2) is 0 Å². The highest BCUT2D eigenvalue weighted by Gasteiger charge is 2.09. The Hall–Kier alpha value is -3.00. The van der Waals surface area contributed by atoms with Crippen LogP contribution in [0.25, 0.3) is 5.69 Å². The number of rotatable bonds is 5. The van der Waals surface area contributed by atoms with Crippen LogP contribution in [0.1, 0.15) is 0 Å². The standard InChI is InChI=1S/C18H17BrN4O3/c1-25-15-7-8-17(26-2)16(9-15)22-18(24)21-13-3-5-14(6-4-13)23-11-12(19)10-20-23/h3-11H,1-2H3,(H2,21,22,24). The highest BCUT2D eigenvalue weighted by atomic mass is 79.9. The van der Waals surface area contributed by atoms with E-state index in [0.717, 1.165) is 10.2 Å². The minimum Gasteiger partial charge on any atom is -0.497 e. The van der Waals surface area contributed by atoms with Crippen LogP contribution in [0.3, 0.4) is 0 Å². The highest BCUT2D eigenvalue weighted by molar-refractivity contribution is 9.10. The van der Waals surface area contributed by atoms with Gasteiger partial charge in [-0.05, 0) is 52.3 Å². The number of benzene rings is 2. The summed E-state index contributed by atoms with van der Waals surface area (Å²) in [5.74, 6) is 1.16. The van der Waals surface area contributed by atoms with Crippen LogP contribution < -0.4 is 20.1 Å². The van der Waals surface area contributed by atoms with Gasteiger partial charge < -0.3 is 20.1 Å². The summed E-state index contributed by atoms with van der Waals surface area (Å²) in [5.41, 5.74) is 2.05. The van der Waals surface area contributed by atoms with E-state index in [1.54, 1.807) is 48.3 Å². The van der Waals surface area contributed by atoms with Crippen molar-refractivity contribution in [3.05, 3.63) is 59.3 Å². The fourth-order valence-electron chi connectivity index (χ4n) is 2.34. The number of ether oxygens (including phenoxy) is 2. The summed E-state index contributed by atoms with van der Waals surface area (Å²) in [6, 6.07) is 12.1. The van der Waals surface area contributed by atoms with Crippen LogP contribution in [0.4, 0.5) is 16.2 Å². The topological polar surface area (TPSA) is 77.4 Å². The second-order valence-corrected chi connectivity index (χ2v) is 6.21. The van der Waals surface area contributed by atoms with Crippen molar-refractivity contribution < 1.29 is 14.3 Å².